The molecule has 0 radical (unpaired) electrons. The number of phenols is 1. The third kappa shape index (κ3) is 4.27. The van der Waals surface area contributed by atoms with Gasteiger partial charge in [0.2, 0.25) is 0 Å². The second-order valence-corrected chi connectivity index (χ2v) is 6.23. The van der Waals surface area contributed by atoms with Crippen LogP contribution in [0.5, 0.6) is 5.75 Å². The van der Waals surface area contributed by atoms with E-state index in [1.807, 2.05) is 6.07 Å². The van der Waals surface area contributed by atoms with Gasteiger partial charge in [0, 0.05) is 30.3 Å². The Morgan fingerprint density at radius 1 is 1.11 bits per heavy atom. The molecule has 0 saturated carbocycles. The molecule has 3 aromatic rings. The molecule has 27 heavy (non-hydrogen) atoms. The van der Waals surface area contributed by atoms with Crippen molar-refractivity contribution in [3.05, 3.63) is 93.8 Å². The molecule has 0 aliphatic carbocycles. The number of nitro groups is 1. The molecule has 2 N–H and O–H groups in total. The highest BCUT2D eigenvalue weighted by Gasteiger charge is 2.14. The monoisotopic (exact) mass is 382 g/mol. The zero-order valence-corrected chi connectivity index (χ0v) is 14.9. The Morgan fingerprint density at radius 2 is 1.85 bits per heavy atom. The molecule has 0 atom stereocenters. The fraction of sp³-hybridized carbons (Fsp3) is 0.0500. The first-order valence-corrected chi connectivity index (χ1v) is 8.46. The molecule has 3 aromatic carbocycles. The Labute approximate surface area is 160 Å². The number of nitrogens with zero attached hydrogens (tertiary/aromatic N) is 1. The van der Waals surface area contributed by atoms with Crippen molar-refractivity contribution in [1.82, 2.24) is 5.32 Å². The molecule has 0 heterocycles. The minimum Gasteiger partial charge on any atom is -0.507 e. The van der Waals surface area contributed by atoms with E-state index >= 15 is 0 Å². The molecule has 7 heteroatoms. The van der Waals surface area contributed by atoms with Crippen LogP contribution in [0.3, 0.4) is 0 Å². The SMILES string of the molecule is O=[N+]([O-])c1cccc(CNC(=S)c2cc(-c3ccccc3)c(F)cc2O)c1. The third-order valence-corrected chi connectivity index (χ3v) is 4.35. The highest BCUT2D eigenvalue weighted by Crippen LogP contribution is 2.29. The summed E-state index contributed by atoms with van der Waals surface area (Å²) in [4.78, 5) is 10.6. The number of aromatic hydroxyl groups is 1. The molecule has 136 valence electrons. The van der Waals surface area contributed by atoms with Crippen molar-refractivity contribution in [3.8, 4) is 16.9 Å². The summed E-state index contributed by atoms with van der Waals surface area (Å²) in [7, 11) is 0. The van der Waals surface area contributed by atoms with Crippen molar-refractivity contribution in [2.45, 2.75) is 6.54 Å². The molecule has 3 rings (SSSR count). The van der Waals surface area contributed by atoms with E-state index in [0.717, 1.165) is 6.07 Å². The van der Waals surface area contributed by atoms with Gasteiger partial charge in [0.05, 0.1) is 10.5 Å². The lowest BCUT2D eigenvalue weighted by Crippen LogP contribution is -2.22. The average Bonchev–Trinajstić information content (AvgIpc) is 2.67. The van der Waals surface area contributed by atoms with Gasteiger partial charge in [0.1, 0.15) is 16.6 Å². The van der Waals surface area contributed by atoms with Crippen LogP contribution < -0.4 is 5.32 Å². The molecule has 0 aromatic heterocycles. The summed E-state index contributed by atoms with van der Waals surface area (Å²) < 4.78 is 14.3. The van der Waals surface area contributed by atoms with Crippen LogP contribution in [0.2, 0.25) is 0 Å². The predicted molar refractivity (Wildman–Crippen MR) is 105 cm³/mol. The first-order chi connectivity index (χ1) is 13.0. The van der Waals surface area contributed by atoms with E-state index in [1.165, 1.54) is 18.2 Å². The summed E-state index contributed by atoms with van der Waals surface area (Å²) >= 11 is 5.32. The minimum absolute atomic E-state index is 0.0174. The van der Waals surface area contributed by atoms with E-state index < -0.39 is 10.7 Å². The van der Waals surface area contributed by atoms with Crippen molar-refractivity contribution in [1.29, 1.82) is 0 Å². The van der Waals surface area contributed by atoms with Gasteiger partial charge in [-0.05, 0) is 17.2 Å². The maximum atomic E-state index is 14.3. The standard InChI is InChI=1S/C20H15FN2O3S/c21-18-11-19(24)17(10-16(18)14-6-2-1-3-7-14)20(27)22-12-13-5-4-8-15(9-13)23(25)26/h1-11,24H,12H2,(H,22,27). The molecule has 0 aliphatic rings. The Bertz CT molecular complexity index is 1010. The Balaban J connectivity index is 1.82. The Hall–Kier alpha value is -3.32. The number of hydrogen-bond acceptors (Lipinski definition) is 4. The molecule has 0 aliphatic heterocycles. The number of hydrogen-bond donors (Lipinski definition) is 2. The fourth-order valence-electron chi connectivity index (χ4n) is 2.64. The lowest BCUT2D eigenvalue weighted by atomic mass is 10.0. The Kier molecular flexibility index (Phi) is 5.42. The van der Waals surface area contributed by atoms with Gasteiger partial charge >= 0.3 is 0 Å². The number of benzene rings is 3. The van der Waals surface area contributed by atoms with Gasteiger partial charge in [-0.25, -0.2) is 4.39 Å². The van der Waals surface area contributed by atoms with E-state index in [1.54, 1.807) is 36.4 Å². The highest BCUT2D eigenvalue weighted by atomic mass is 32.1. The molecular formula is C20H15FN2O3S. The number of non-ortho nitro benzene ring substituents is 1. The average molecular weight is 382 g/mol. The van der Waals surface area contributed by atoms with Gasteiger partial charge < -0.3 is 10.4 Å². The van der Waals surface area contributed by atoms with Crippen LogP contribution in [0.15, 0.2) is 66.7 Å². The number of halogens is 1. The van der Waals surface area contributed by atoms with Crippen molar-refractivity contribution in [2.24, 2.45) is 0 Å². The van der Waals surface area contributed by atoms with Crippen LogP contribution in [-0.4, -0.2) is 15.0 Å². The quantitative estimate of drug-likeness (QED) is 0.384. The topological polar surface area (TPSA) is 75.4 Å². The first kappa shape index (κ1) is 18.5. The normalized spacial score (nSPS) is 10.4. The molecular weight excluding hydrogens is 367 g/mol. The van der Waals surface area contributed by atoms with Crippen molar-refractivity contribution < 1.29 is 14.4 Å². The van der Waals surface area contributed by atoms with Gasteiger partial charge in [0.15, 0.2) is 0 Å². The summed E-state index contributed by atoms with van der Waals surface area (Å²) in [5, 5.41) is 23.9. The van der Waals surface area contributed by atoms with Crippen molar-refractivity contribution >= 4 is 22.9 Å². The van der Waals surface area contributed by atoms with Crippen LogP contribution in [0.4, 0.5) is 10.1 Å². The summed E-state index contributed by atoms with van der Waals surface area (Å²) in [6, 6.07) is 17.6. The second kappa shape index (κ2) is 7.92. The summed E-state index contributed by atoms with van der Waals surface area (Å²) in [5.74, 6) is -0.826. The van der Waals surface area contributed by atoms with Crippen LogP contribution in [0.1, 0.15) is 11.1 Å². The highest BCUT2D eigenvalue weighted by molar-refractivity contribution is 7.80. The lowest BCUT2D eigenvalue weighted by Gasteiger charge is -2.12. The van der Waals surface area contributed by atoms with Crippen molar-refractivity contribution in [3.63, 3.8) is 0 Å². The maximum Gasteiger partial charge on any atom is 0.269 e. The maximum absolute atomic E-state index is 14.3. The fourth-order valence-corrected chi connectivity index (χ4v) is 2.88. The van der Waals surface area contributed by atoms with Gasteiger partial charge in [-0.15, -0.1) is 0 Å². The molecule has 0 spiro atoms. The Morgan fingerprint density at radius 3 is 2.56 bits per heavy atom. The smallest absolute Gasteiger partial charge is 0.269 e. The van der Waals surface area contributed by atoms with Crippen LogP contribution in [0, 0.1) is 15.9 Å². The largest absolute Gasteiger partial charge is 0.507 e. The zero-order chi connectivity index (χ0) is 19.4. The van der Waals surface area contributed by atoms with Gasteiger partial charge in [-0.3, -0.25) is 10.1 Å². The molecule has 0 fully saturated rings. The number of nitro benzene ring substituents is 1. The van der Waals surface area contributed by atoms with Gasteiger partial charge in [-0.2, -0.15) is 0 Å². The summed E-state index contributed by atoms with van der Waals surface area (Å²) in [5.41, 5.74) is 1.92. The van der Waals surface area contributed by atoms with Crippen molar-refractivity contribution in [2.75, 3.05) is 0 Å². The number of phenolic OH excluding ortho intramolecular Hbond substituents is 1. The van der Waals surface area contributed by atoms with Crippen LogP contribution >= 0.6 is 12.2 Å². The van der Waals surface area contributed by atoms with Gasteiger partial charge in [-0.1, -0.05) is 54.7 Å². The summed E-state index contributed by atoms with van der Waals surface area (Å²) in [6.07, 6.45) is 0. The van der Waals surface area contributed by atoms with Crippen LogP contribution in [0.25, 0.3) is 11.1 Å². The molecule has 0 amide bonds. The van der Waals surface area contributed by atoms with E-state index in [2.05, 4.69) is 5.32 Å². The van der Waals surface area contributed by atoms with Gasteiger partial charge in [0.25, 0.3) is 5.69 Å². The minimum atomic E-state index is -0.552. The van der Waals surface area contributed by atoms with E-state index in [0.29, 0.717) is 16.7 Å². The van der Waals surface area contributed by atoms with Crippen LogP contribution in [-0.2, 0) is 6.54 Å². The third-order valence-electron chi connectivity index (χ3n) is 3.99. The molecule has 0 bridgehead atoms. The number of nitrogens with one attached hydrogen (secondary N) is 1. The second-order valence-electron chi connectivity index (χ2n) is 5.82. The summed E-state index contributed by atoms with van der Waals surface area (Å²) in [6.45, 7) is 0.234. The van der Waals surface area contributed by atoms with E-state index in [-0.39, 0.29) is 28.5 Å². The predicted octanol–water partition coefficient (Wildman–Crippen LogP) is 4.57. The molecule has 0 unspecified atom stereocenters. The first-order valence-electron chi connectivity index (χ1n) is 8.05. The number of rotatable bonds is 5. The van der Waals surface area contributed by atoms with E-state index in [9.17, 15) is 19.6 Å². The lowest BCUT2D eigenvalue weighted by molar-refractivity contribution is -0.384. The van der Waals surface area contributed by atoms with E-state index in [4.69, 9.17) is 12.2 Å². The molecule has 0 saturated heterocycles. The molecule has 5 nitrogen and oxygen atoms in total. The number of thiocarbonyl (C=S) groups is 1. The zero-order valence-electron chi connectivity index (χ0n) is 14.1.